The smallest absolute Gasteiger partial charge is 0.295 e. The monoisotopic (exact) mass is 479 g/mol. The highest BCUT2D eigenvalue weighted by Crippen LogP contribution is 2.41. The van der Waals surface area contributed by atoms with Gasteiger partial charge < -0.3 is 14.7 Å². The Labute approximate surface area is 202 Å². The van der Waals surface area contributed by atoms with Gasteiger partial charge in [-0.3, -0.25) is 9.59 Å². The molecule has 4 rings (SSSR count). The fourth-order valence-electron chi connectivity index (χ4n) is 4.00. The van der Waals surface area contributed by atoms with E-state index in [0.29, 0.717) is 23.8 Å². The van der Waals surface area contributed by atoms with E-state index < -0.39 is 23.5 Å². The number of carbonyl (C=O) groups excluding carboxylic acids is 2. The molecule has 34 heavy (non-hydrogen) atoms. The number of benzene rings is 2. The Bertz CT molecular complexity index is 1250. The molecule has 1 amide bonds. The van der Waals surface area contributed by atoms with Gasteiger partial charge in [-0.15, -0.1) is 11.3 Å². The van der Waals surface area contributed by atoms with Crippen LogP contribution in [0.5, 0.6) is 5.75 Å². The molecule has 0 spiro atoms. The second-order valence-corrected chi connectivity index (χ2v) is 9.75. The van der Waals surface area contributed by atoms with Crippen LogP contribution >= 0.6 is 11.3 Å². The van der Waals surface area contributed by atoms with E-state index in [4.69, 9.17) is 4.74 Å². The maximum Gasteiger partial charge on any atom is 0.295 e. The Kier molecular flexibility index (Phi) is 6.84. The first kappa shape index (κ1) is 23.7. The number of amides is 1. The second kappa shape index (κ2) is 9.81. The van der Waals surface area contributed by atoms with Crippen LogP contribution in [0.3, 0.4) is 0 Å². The zero-order valence-electron chi connectivity index (χ0n) is 19.2. The average molecular weight is 480 g/mol. The van der Waals surface area contributed by atoms with Crippen molar-refractivity contribution in [2.45, 2.75) is 33.4 Å². The third-order valence-electron chi connectivity index (χ3n) is 5.67. The van der Waals surface area contributed by atoms with E-state index >= 15 is 0 Å². The summed E-state index contributed by atoms with van der Waals surface area (Å²) in [7, 11) is 0. The standard InChI is InChI=1S/C27H26FNO4S/c1-16(2)15-33-22-11-10-18(13-17(22)3)25(30)23-24(20-8-4-5-9-21(20)28)29(27(32)26(23)31)14-19-7-6-12-34-19/h4-13,16,24,30H,14-15H2,1-3H3/b25-23+. The van der Waals surface area contributed by atoms with Gasteiger partial charge in [-0.1, -0.05) is 38.1 Å². The van der Waals surface area contributed by atoms with Crippen molar-refractivity contribution in [3.05, 3.63) is 92.9 Å². The number of likely N-dealkylation sites (tertiary alicyclic amines) is 1. The molecule has 1 unspecified atom stereocenters. The van der Waals surface area contributed by atoms with Crippen LogP contribution in [0.2, 0.25) is 0 Å². The van der Waals surface area contributed by atoms with Gasteiger partial charge in [-0.25, -0.2) is 4.39 Å². The molecule has 2 heterocycles. The van der Waals surface area contributed by atoms with Crippen molar-refractivity contribution >= 4 is 28.8 Å². The molecular weight excluding hydrogens is 453 g/mol. The van der Waals surface area contributed by atoms with Crippen molar-refractivity contribution in [3.63, 3.8) is 0 Å². The fraction of sp³-hybridized carbons (Fsp3) is 0.259. The van der Waals surface area contributed by atoms with E-state index in [1.165, 1.54) is 28.4 Å². The predicted molar refractivity (Wildman–Crippen MR) is 130 cm³/mol. The molecule has 2 aromatic carbocycles. The lowest BCUT2D eigenvalue weighted by Crippen LogP contribution is -2.29. The molecule has 1 aliphatic heterocycles. The first-order valence-electron chi connectivity index (χ1n) is 11.1. The van der Waals surface area contributed by atoms with Crippen molar-refractivity contribution in [3.8, 4) is 5.75 Å². The average Bonchev–Trinajstić information content (AvgIpc) is 3.40. The van der Waals surface area contributed by atoms with E-state index in [-0.39, 0.29) is 23.4 Å². The minimum atomic E-state index is -1.04. The summed E-state index contributed by atoms with van der Waals surface area (Å²) in [6.45, 7) is 6.63. The molecule has 0 saturated carbocycles. The molecule has 7 heteroatoms. The number of aryl methyl sites for hydroxylation is 1. The van der Waals surface area contributed by atoms with Gasteiger partial charge >= 0.3 is 0 Å². The zero-order chi connectivity index (χ0) is 24.4. The van der Waals surface area contributed by atoms with Crippen molar-refractivity contribution < 1.29 is 23.8 Å². The molecule has 5 nitrogen and oxygen atoms in total. The Morgan fingerprint density at radius 3 is 2.56 bits per heavy atom. The van der Waals surface area contributed by atoms with Gasteiger partial charge in [0.1, 0.15) is 17.3 Å². The lowest BCUT2D eigenvalue weighted by atomic mass is 9.94. The van der Waals surface area contributed by atoms with Crippen LogP contribution in [0, 0.1) is 18.7 Å². The van der Waals surface area contributed by atoms with Crippen molar-refractivity contribution in [1.29, 1.82) is 0 Å². The molecule has 0 bridgehead atoms. The Hall–Kier alpha value is -3.45. The molecule has 1 saturated heterocycles. The number of ether oxygens (including phenoxy) is 1. The third-order valence-corrected chi connectivity index (χ3v) is 6.53. The predicted octanol–water partition coefficient (Wildman–Crippen LogP) is 5.85. The molecule has 1 aliphatic rings. The van der Waals surface area contributed by atoms with E-state index in [1.54, 1.807) is 30.3 Å². The van der Waals surface area contributed by atoms with E-state index in [9.17, 15) is 19.1 Å². The van der Waals surface area contributed by atoms with Crippen LogP contribution < -0.4 is 4.74 Å². The van der Waals surface area contributed by atoms with Gasteiger partial charge in [0.15, 0.2) is 0 Å². The van der Waals surface area contributed by atoms with Crippen molar-refractivity contribution in [1.82, 2.24) is 4.90 Å². The summed E-state index contributed by atoms with van der Waals surface area (Å²) in [4.78, 5) is 28.3. The number of nitrogens with zero attached hydrogens (tertiary/aromatic N) is 1. The Morgan fingerprint density at radius 1 is 1.15 bits per heavy atom. The van der Waals surface area contributed by atoms with E-state index in [2.05, 4.69) is 0 Å². The number of aliphatic hydroxyl groups excluding tert-OH is 1. The molecule has 0 radical (unpaired) electrons. The first-order valence-corrected chi connectivity index (χ1v) is 11.9. The molecular formula is C27H26FNO4S. The number of ketones is 1. The van der Waals surface area contributed by atoms with Gasteiger partial charge in [0.2, 0.25) is 0 Å². The SMILES string of the molecule is Cc1cc(/C(O)=C2\C(=O)C(=O)N(Cc3cccs3)C2c2ccccc2F)ccc1OCC(C)C. The largest absolute Gasteiger partial charge is 0.507 e. The maximum absolute atomic E-state index is 14.9. The number of hydrogen-bond acceptors (Lipinski definition) is 5. The first-order chi connectivity index (χ1) is 16.3. The lowest BCUT2D eigenvalue weighted by Gasteiger charge is -2.25. The number of hydrogen-bond donors (Lipinski definition) is 1. The quantitative estimate of drug-likeness (QED) is 0.262. The van der Waals surface area contributed by atoms with Crippen molar-refractivity contribution in [2.24, 2.45) is 5.92 Å². The minimum Gasteiger partial charge on any atom is -0.507 e. The van der Waals surface area contributed by atoms with Gasteiger partial charge in [0.05, 0.1) is 24.8 Å². The molecule has 1 fully saturated rings. The summed E-state index contributed by atoms with van der Waals surface area (Å²) >= 11 is 1.44. The summed E-state index contributed by atoms with van der Waals surface area (Å²) in [5, 5.41) is 13.1. The highest BCUT2D eigenvalue weighted by Gasteiger charge is 2.47. The summed E-state index contributed by atoms with van der Waals surface area (Å²) in [6.07, 6.45) is 0. The molecule has 176 valence electrons. The summed E-state index contributed by atoms with van der Waals surface area (Å²) in [5.74, 6) is -1.46. The van der Waals surface area contributed by atoms with Crippen LogP contribution in [0.1, 0.15) is 41.5 Å². The van der Waals surface area contributed by atoms with Crippen LogP contribution in [-0.2, 0) is 16.1 Å². The molecule has 0 aliphatic carbocycles. The number of aliphatic hydroxyl groups is 1. The van der Waals surface area contributed by atoms with Crippen LogP contribution in [0.15, 0.2) is 65.6 Å². The molecule has 3 aromatic rings. The number of Topliss-reactive ketones (excluding diaryl/α,β-unsaturated/α-hetero) is 1. The lowest BCUT2D eigenvalue weighted by molar-refractivity contribution is -0.140. The zero-order valence-corrected chi connectivity index (χ0v) is 20.1. The topological polar surface area (TPSA) is 66.8 Å². The fourth-order valence-corrected chi connectivity index (χ4v) is 4.71. The van der Waals surface area contributed by atoms with Gasteiger partial charge in [0, 0.05) is 16.0 Å². The summed E-state index contributed by atoms with van der Waals surface area (Å²) in [6, 6.07) is 13.7. The van der Waals surface area contributed by atoms with E-state index in [1.807, 2.05) is 38.3 Å². The number of rotatable bonds is 7. The van der Waals surface area contributed by atoms with Gasteiger partial charge in [-0.05, 0) is 54.1 Å². The molecule has 1 aromatic heterocycles. The number of carbonyl (C=O) groups is 2. The number of halogens is 1. The van der Waals surface area contributed by atoms with Crippen LogP contribution in [0.25, 0.3) is 5.76 Å². The summed E-state index contributed by atoms with van der Waals surface area (Å²) in [5.41, 5.74) is 1.18. The Balaban J connectivity index is 1.80. The Morgan fingerprint density at radius 2 is 1.91 bits per heavy atom. The van der Waals surface area contributed by atoms with Crippen LogP contribution in [0.4, 0.5) is 4.39 Å². The molecule has 1 atom stereocenters. The minimum absolute atomic E-state index is 0.123. The molecule has 1 N–H and O–H groups in total. The number of thiophene rings is 1. The van der Waals surface area contributed by atoms with Crippen LogP contribution in [-0.4, -0.2) is 28.3 Å². The maximum atomic E-state index is 14.9. The van der Waals surface area contributed by atoms with Gasteiger partial charge in [-0.2, -0.15) is 0 Å². The van der Waals surface area contributed by atoms with Crippen molar-refractivity contribution in [2.75, 3.05) is 6.61 Å². The van der Waals surface area contributed by atoms with E-state index in [0.717, 1.165) is 10.4 Å². The van der Waals surface area contributed by atoms with Gasteiger partial charge in [0.25, 0.3) is 11.7 Å². The third kappa shape index (κ3) is 4.61. The normalized spacial score (nSPS) is 17.6. The highest BCUT2D eigenvalue weighted by atomic mass is 32.1. The summed E-state index contributed by atoms with van der Waals surface area (Å²) < 4.78 is 20.7. The highest BCUT2D eigenvalue weighted by molar-refractivity contribution is 7.09. The second-order valence-electron chi connectivity index (χ2n) is 8.71.